The molecule has 0 aromatic heterocycles. The Morgan fingerprint density at radius 3 is 1.04 bits per heavy atom. The molecule has 0 radical (unpaired) electrons. The molecule has 0 saturated carbocycles. The van der Waals surface area contributed by atoms with E-state index in [9.17, 15) is 47.9 Å². The minimum atomic E-state index is -1.25. The quantitative estimate of drug-likeness (QED) is 0.0325. The van der Waals surface area contributed by atoms with Gasteiger partial charge in [-0.15, -0.1) is 0 Å². The van der Waals surface area contributed by atoms with Crippen molar-refractivity contribution in [3.8, 4) is 0 Å². The normalized spacial score (nSPS) is 26.5. The van der Waals surface area contributed by atoms with Crippen LogP contribution in [0.2, 0.25) is 0 Å². The Bertz CT molecular complexity index is 2090. The van der Waals surface area contributed by atoms with Crippen LogP contribution in [-0.2, 0) is 47.9 Å². The number of nitrogens with one attached hydrogen (secondary N) is 8. The fourth-order valence-electron chi connectivity index (χ4n) is 10.3. The minimum absolute atomic E-state index is 0.0169. The fraction of sp³-hybridized carbons (Fsp3) is 0.778. The third kappa shape index (κ3) is 22.1. The van der Waals surface area contributed by atoms with E-state index in [1.54, 1.807) is 27.7 Å². The first kappa shape index (κ1) is 69.4. The van der Waals surface area contributed by atoms with Gasteiger partial charge >= 0.3 is 0 Å². The second-order valence-corrected chi connectivity index (χ2v) is 23.2. The summed E-state index contributed by atoms with van der Waals surface area (Å²) in [4.78, 5) is 155. The molecule has 3 aliphatic rings. The van der Waals surface area contributed by atoms with Gasteiger partial charge in [-0.05, 0) is 127 Å². The highest BCUT2D eigenvalue weighted by Crippen LogP contribution is 2.23. The molecule has 0 bridgehead atoms. The highest BCUT2D eigenvalue weighted by molar-refractivity contribution is 6.00. The molecule has 3 heterocycles. The fourth-order valence-corrected chi connectivity index (χ4v) is 10.3. The zero-order chi connectivity index (χ0) is 61.4. The highest BCUT2D eigenvalue weighted by Gasteiger charge is 2.43. The zero-order valence-corrected chi connectivity index (χ0v) is 49.6. The molecule has 3 saturated heterocycles. The maximum Gasteiger partial charge on any atom is 0.245 e. The molecule has 20 N–H and O–H groups in total. The Kier molecular flexibility index (Phi) is 29.3. The molecule has 0 aromatic carbocycles. The minimum Gasteiger partial charge on any atom is -0.370 e. The topological polar surface area (TPSA) is 454 Å². The number of guanidine groups is 2. The lowest BCUT2D eigenvalue weighted by molar-refractivity contribution is -0.143. The summed E-state index contributed by atoms with van der Waals surface area (Å²) in [5.41, 5.74) is 34.1. The van der Waals surface area contributed by atoms with E-state index in [4.69, 9.17) is 34.4 Å². The van der Waals surface area contributed by atoms with Gasteiger partial charge in [0.25, 0.3) is 0 Å². The predicted molar refractivity (Wildman–Crippen MR) is 310 cm³/mol. The van der Waals surface area contributed by atoms with Crippen molar-refractivity contribution < 1.29 is 47.9 Å². The summed E-state index contributed by atoms with van der Waals surface area (Å²) >= 11 is 0. The van der Waals surface area contributed by atoms with E-state index in [-0.39, 0.29) is 140 Å². The largest absolute Gasteiger partial charge is 0.370 e. The Morgan fingerprint density at radius 2 is 0.732 bits per heavy atom. The molecular formula is C54H98N18O10. The molecule has 3 rings (SSSR count). The number of hydrogen-bond donors (Lipinski definition) is 14. The number of nitrogens with zero attached hydrogens (tertiary/aromatic N) is 4. The molecule has 3 aliphatic heterocycles. The summed E-state index contributed by atoms with van der Waals surface area (Å²) in [5, 5.41) is 22.4. The molecule has 10 atom stereocenters. The van der Waals surface area contributed by atoms with Crippen LogP contribution in [0.25, 0.3) is 0 Å². The van der Waals surface area contributed by atoms with Gasteiger partial charge in [0, 0.05) is 26.2 Å². The first-order chi connectivity index (χ1) is 38.7. The van der Waals surface area contributed by atoms with Crippen molar-refractivity contribution in [3.05, 3.63) is 0 Å². The van der Waals surface area contributed by atoms with E-state index >= 15 is 0 Å². The average Bonchev–Trinajstić information content (AvgIpc) is 4.17. The second kappa shape index (κ2) is 34.6. The first-order valence-electron chi connectivity index (χ1n) is 29.3. The van der Waals surface area contributed by atoms with Crippen LogP contribution in [-0.4, -0.2) is 180 Å². The zero-order valence-electron chi connectivity index (χ0n) is 49.6. The van der Waals surface area contributed by atoms with Gasteiger partial charge in [-0.3, -0.25) is 57.9 Å². The molecule has 464 valence electrons. The lowest BCUT2D eigenvalue weighted by Gasteiger charge is -2.33. The maximum atomic E-state index is 14.7. The highest BCUT2D eigenvalue weighted by atomic mass is 16.2. The van der Waals surface area contributed by atoms with E-state index in [1.165, 1.54) is 9.80 Å². The van der Waals surface area contributed by atoms with Gasteiger partial charge < -0.3 is 86.7 Å². The molecule has 0 spiro atoms. The summed E-state index contributed by atoms with van der Waals surface area (Å²) in [6, 6.07) is -12.1. The van der Waals surface area contributed by atoms with Gasteiger partial charge in [-0.25, -0.2) is 0 Å². The van der Waals surface area contributed by atoms with Gasteiger partial charge in [-0.1, -0.05) is 55.4 Å². The average molecular weight is 1160 g/mol. The standard InChI is InChI=1S/C54H98N18O10/c1-29(2)27-37-45(75)65-35(17-11-23-61-53(57)58)51(81)71-25-13-19-39(71)47(77)70-42(32(7)8)50(80)64-34(16-10-22-56)44(74)68-38(28-30(3)4)46(76)66-36(18-12-24-62-54(59)60)52(82)72-26-14-20-40(72)48(78)69-41(31(5)6)49(79)63-33(15-9-21-55)43(73)67-37/h29-42H,9-28,55-56H2,1-8H3,(H,63,79)(H,64,80)(H,65,75)(H,66,76)(H,67,73)(H,68,74)(H,69,78)(H,70,77)(H4,57,58,61)(H4,59,60,62)/t33-,34-,35+,36+,37-,38-,39-,40-,41-,42-/m0/s1. The Hall–Kier alpha value is -6.84. The van der Waals surface area contributed by atoms with Crippen molar-refractivity contribution in [2.45, 2.75) is 206 Å². The maximum absolute atomic E-state index is 14.7. The summed E-state index contributed by atoms with van der Waals surface area (Å²) in [5.74, 6) is -8.64. The van der Waals surface area contributed by atoms with Crippen molar-refractivity contribution in [1.82, 2.24) is 52.3 Å². The smallest absolute Gasteiger partial charge is 0.245 e. The van der Waals surface area contributed by atoms with Gasteiger partial charge in [0.15, 0.2) is 11.9 Å². The van der Waals surface area contributed by atoms with Crippen molar-refractivity contribution in [2.75, 3.05) is 39.3 Å². The van der Waals surface area contributed by atoms with Crippen molar-refractivity contribution >= 4 is 71.0 Å². The molecule has 0 aromatic rings. The van der Waals surface area contributed by atoms with E-state index in [0.717, 1.165) is 0 Å². The van der Waals surface area contributed by atoms with Gasteiger partial charge in [0.05, 0.1) is 0 Å². The van der Waals surface area contributed by atoms with E-state index in [1.807, 2.05) is 27.7 Å². The van der Waals surface area contributed by atoms with Gasteiger partial charge in [0.1, 0.15) is 60.4 Å². The summed E-state index contributed by atoms with van der Waals surface area (Å²) in [7, 11) is 0. The second-order valence-electron chi connectivity index (χ2n) is 23.2. The number of amides is 10. The molecule has 0 aliphatic carbocycles. The van der Waals surface area contributed by atoms with Crippen molar-refractivity contribution in [3.63, 3.8) is 0 Å². The molecule has 82 heavy (non-hydrogen) atoms. The number of nitrogens with two attached hydrogens (primary N) is 6. The number of carbonyl (C=O) groups excluding carboxylic acids is 10. The number of aliphatic imine (C=N–C) groups is 2. The van der Waals surface area contributed by atoms with E-state index in [2.05, 4.69) is 52.5 Å². The number of carbonyl (C=O) groups is 10. The first-order valence-corrected chi connectivity index (χ1v) is 29.3. The molecule has 28 heteroatoms. The monoisotopic (exact) mass is 1160 g/mol. The molecule has 10 amide bonds. The van der Waals surface area contributed by atoms with Crippen LogP contribution >= 0.6 is 0 Å². The van der Waals surface area contributed by atoms with Crippen LogP contribution in [0.5, 0.6) is 0 Å². The molecule has 3 fully saturated rings. The number of fused-ring (bicyclic) bond motifs is 2. The van der Waals surface area contributed by atoms with Crippen LogP contribution in [0.3, 0.4) is 0 Å². The van der Waals surface area contributed by atoms with Crippen LogP contribution in [0.4, 0.5) is 0 Å². The molecular weight excluding hydrogens is 1060 g/mol. The van der Waals surface area contributed by atoms with E-state index < -0.39 is 131 Å². The third-order valence-electron chi connectivity index (χ3n) is 14.6. The lowest BCUT2D eigenvalue weighted by Crippen LogP contribution is -2.62. The summed E-state index contributed by atoms with van der Waals surface area (Å²) in [6.45, 7) is 14.9. The summed E-state index contributed by atoms with van der Waals surface area (Å²) in [6.07, 6.45) is 2.55. The van der Waals surface area contributed by atoms with E-state index in [0.29, 0.717) is 12.8 Å². The van der Waals surface area contributed by atoms with Crippen LogP contribution in [0.1, 0.15) is 145 Å². The lowest BCUT2D eigenvalue weighted by atomic mass is 9.99. The molecule has 28 nitrogen and oxygen atoms in total. The van der Waals surface area contributed by atoms with Crippen molar-refractivity contribution in [1.29, 1.82) is 0 Å². The van der Waals surface area contributed by atoms with Crippen LogP contribution in [0, 0.1) is 23.7 Å². The predicted octanol–water partition coefficient (Wildman–Crippen LogP) is -3.15. The number of rotatable bonds is 20. The van der Waals surface area contributed by atoms with Crippen LogP contribution in [0.15, 0.2) is 9.98 Å². The Balaban J connectivity index is 2.22. The van der Waals surface area contributed by atoms with Gasteiger partial charge in [0.2, 0.25) is 59.1 Å². The SMILES string of the molecule is CC(C)C[C@@H]1NC(=O)[C@H](CCCN)NC(=O)[C@H](C(C)C)NC(=O)[C@@H]2CCCN2C(=O)[C@@H](CCCN=C(N)N)NC(=O)[C@H](CC(C)C)NC(=O)[C@H](CCCN)NC(=O)[C@H](C(C)C)NC(=O)[C@@H]2CCCN2C(=O)[C@@H](CCCN=C(N)N)NC1=O. The molecule has 0 unspecified atom stereocenters. The van der Waals surface area contributed by atoms with Crippen LogP contribution < -0.4 is 76.9 Å². The van der Waals surface area contributed by atoms with Crippen molar-refractivity contribution in [2.24, 2.45) is 68.1 Å². The Morgan fingerprint density at radius 1 is 0.427 bits per heavy atom. The number of hydrogen-bond acceptors (Lipinski definition) is 14. The third-order valence-corrected chi connectivity index (χ3v) is 14.6. The van der Waals surface area contributed by atoms with Gasteiger partial charge in [-0.2, -0.15) is 0 Å². The summed E-state index contributed by atoms with van der Waals surface area (Å²) < 4.78 is 0. The Labute approximate surface area is 482 Å².